The zero-order valence-electron chi connectivity index (χ0n) is 24.4. The Labute approximate surface area is 249 Å². The summed E-state index contributed by atoms with van der Waals surface area (Å²) >= 11 is 5.99. The maximum Gasteiger partial charge on any atom is 0.243 e. The van der Waals surface area contributed by atoms with Crippen molar-refractivity contribution in [1.29, 1.82) is 0 Å². The quantitative estimate of drug-likeness (QED) is 0.360. The van der Waals surface area contributed by atoms with Crippen LogP contribution in [0.4, 0.5) is 0 Å². The summed E-state index contributed by atoms with van der Waals surface area (Å²) in [6.07, 6.45) is 4.58. The number of carbonyl (C=O) groups is 1. The van der Waals surface area contributed by atoms with Crippen molar-refractivity contribution in [3.8, 4) is 0 Å². The van der Waals surface area contributed by atoms with Crippen molar-refractivity contribution < 1.29 is 13.2 Å². The number of aryl methyl sites for hydroxylation is 1. The number of carbonyl (C=O) groups excluding carboxylic acids is 1. The second-order valence-corrected chi connectivity index (χ2v) is 14.5. The van der Waals surface area contributed by atoms with Gasteiger partial charge in [-0.15, -0.1) is 11.6 Å². The number of aromatic nitrogens is 1. The molecule has 0 fully saturated rings. The van der Waals surface area contributed by atoms with E-state index in [0.717, 1.165) is 37.1 Å². The molecule has 1 aliphatic carbocycles. The molecule has 41 heavy (non-hydrogen) atoms. The van der Waals surface area contributed by atoms with E-state index in [0.29, 0.717) is 13.1 Å². The van der Waals surface area contributed by atoms with Crippen LogP contribution < -0.4 is 5.32 Å². The lowest BCUT2D eigenvalue weighted by Gasteiger charge is -2.36. The predicted octanol–water partition coefficient (Wildman–Crippen LogP) is 5.27. The van der Waals surface area contributed by atoms with E-state index in [1.54, 1.807) is 18.2 Å². The summed E-state index contributed by atoms with van der Waals surface area (Å²) < 4.78 is 31.1. The van der Waals surface area contributed by atoms with E-state index in [2.05, 4.69) is 56.2 Å². The number of nitrogens with zero attached hydrogens (tertiary/aromatic N) is 3. The molecule has 1 amide bonds. The molecule has 0 saturated carbocycles. The first-order valence-corrected chi connectivity index (χ1v) is 16.4. The van der Waals surface area contributed by atoms with Crippen molar-refractivity contribution in [2.45, 2.75) is 87.9 Å². The van der Waals surface area contributed by atoms with Crippen LogP contribution in [-0.2, 0) is 46.6 Å². The average molecular weight is 597 g/mol. The highest BCUT2D eigenvalue weighted by atomic mass is 35.5. The molecule has 2 aromatic carbocycles. The first-order chi connectivity index (χ1) is 19.5. The van der Waals surface area contributed by atoms with E-state index in [4.69, 9.17) is 11.6 Å². The average Bonchev–Trinajstić information content (AvgIpc) is 3.42. The first-order valence-electron chi connectivity index (χ1n) is 14.4. The predicted molar refractivity (Wildman–Crippen MR) is 163 cm³/mol. The minimum Gasteiger partial charge on any atom is -0.353 e. The number of fused-ring (bicyclic) bond motifs is 2. The molecule has 1 N–H and O–H groups in total. The minimum atomic E-state index is -3.83. The molecule has 2 heterocycles. The van der Waals surface area contributed by atoms with E-state index in [-0.39, 0.29) is 34.7 Å². The van der Waals surface area contributed by atoms with Gasteiger partial charge in [0.2, 0.25) is 15.9 Å². The normalized spacial score (nSPS) is 19.6. The Kier molecular flexibility index (Phi) is 8.67. The third kappa shape index (κ3) is 6.56. The van der Waals surface area contributed by atoms with Crippen LogP contribution in [0.1, 0.15) is 67.6 Å². The second kappa shape index (κ2) is 11.9. The molecule has 0 saturated heterocycles. The molecule has 5 rings (SSSR count). The van der Waals surface area contributed by atoms with Gasteiger partial charge in [-0.05, 0) is 93.6 Å². The van der Waals surface area contributed by atoms with Gasteiger partial charge in [0.15, 0.2) is 0 Å². The Hall–Kier alpha value is -2.65. The molecule has 1 aliphatic heterocycles. The minimum absolute atomic E-state index is 0.0268. The Morgan fingerprint density at radius 1 is 1.05 bits per heavy atom. The summed E-state index contributed by atoms with van der Waals surface area (Å²) in [5.41, 5.74) is 5.63. The summed E-state index contributed by atoms with van der Waals surface area (Å²) in [4.78, 5) is 16.0. The van der Waals surface area contributed by atoms with Gasteiger partial charge in [-0.25, -0.2) is 8.42 Å². The van der Waals surface area contributed by atoms with Crippen molar-refractivity contribution in [3.63, 3.8) is 0 Å². The van der Waals surface area contributed by atoms with Gasteiger partial charge in [0.25, 0.3) is 0 Å². The van der Waals surface area contributed by atoms with E-state index >= 15 is 0 Å². The second-order valence-electron chi connectivity index (χ2n) is 12.4. The molecular weight excluding hydrogens is 556 g/mol. The Morgan fingerprint density at radius 2 is 1.85 bits per heavy atom. The van der Waals surface area contributed by atoms with Crippen LogP contribution >= 0.6 is 11.6 Å². The number of alkyl halides is 1. The number of halogens is 1. The smallest absolute Gasteiger partial charge is 0.243 e. The van der Waals surface area contributed by atoms with Gasteiger partial charge in [0.1, 0.15) is 0 Å². The number of hydrogen-bond acceptors (Lipinski definition) is 4. The third-order valence-corrected chi connectivity index (χ3v) is 10.8. The van der Waals surface area contributed by atoms with Gasteiger partial charge < -0.3 is 9.88 Å². The van der Waals surface area contributed by atoms with Gasteiger partial charge in [-0.2, -0.15) is 4.31 Å². The highest BCUT2D eigenvalue weighted by Crippen LogP contribution is 2.34. The van der Waals surface area contributed by atoms with Gasteiger partial charge >= 0.3 is 0 Å². The Bertz CT molecular complexity index is 1510. The summed E-state index contributed by atoms with van der Waals surface area (Å²) in [5, 5.41) is 3.23. The van der Waals surface area contributed by atoms with Crippen LogP contribution in [0.2, 0.25) is 0 Å². The monoisotopic (exact) mass is 596 g/mol. The van der Waals surface area contributed by atoms with Crippen molar-refractivity contribution in [2.24, 2.45) is 0 Å². The van der Waals surface area contributed by atoms with Crippen LogP contribution in [0.25, 0.3) is 0 Å². The summed E-state index contributed by atoms with van der Waals surface area (Å²) in [5.74, 6) is 0.105. The number of amides is 1. The standard InChI is InChI=1S/C32H41ClN4O3S/c1-32(2,3)35(4)22-24-10-11-26-19-27(13-12-25(26)17-24)34-31(38)20-30-29-9-6-14-36(29)15-16-37(30)41(39,40)28-8-5-7-23(18-28)21-33/h5-11,14,17-18,27,30H,12-13,15-16,19-22H2,1-4H3,(H,34,38). The molecule has 2 atom stereocenters. The number of rotatable bonds is 8. The molecule has 1 aromatic heterocycles. The number of benzene rings is 2. The van der Waals surface area contributed by atoms with Gasteiger partial charge in [-0.3, -0.25) is 9.69 Å². The third-order valence-electron chi connectivity index (χ3n) is 8.58. The lowest BCUT2D eigenvalue weighted by atomic mass is 9.87. The van der Waals surface area contributed by atoms with Gasteiger partial charge in [0.05, 0.1) is 10.9 Å². The lowest BCUT2D eigenvalue weighted by molar-refractivity contribution is -0.123. The highest BCUT2D eigenvalue weighted by Gasteiger charge is 2.38. The van der Waals surface area contributed by atoms with Crippen LogP contribution in [0.5, 0.6) is 0 Å². The van der Waals surface area contributed by atoms with Crippen molar-refractivity contribution in [3.05, 3.63) is 88.7 Å². The first kappa shape index (κ1) is 29.8. The van der Waals surface area contributed by atoms with E-state index in [1.165, 1.54) is 21.0 Å². The number of nitrogens with one attached hydrogen (secondary N) is 1. The Balaban J connectivity index is 1.28. The van der Waals surface area contributed by atoms with Gasteiger partial charge in [-0.1, -0.05) is 30.3 Å². The molecule has 2 unspecified atom stereocenters. The maximum absolute atomic E-state index is 13.8. The van der Waals surface area contributed by atoms with Crippen LogP contribution in [-0.4, -0.2) is 53.3 Å². The highest BCUT2D eigenvalue weighted by molar-refractivity contribution is 7.89. The number of sulfonamides is 1. The van der Waals surface area contributed by atoms with Gasteiger partial charge in [0, 0.05) is 55.4 Å². The summed E-state index contributed by atoms with van der Waals surface area (Å²) in [6, 6.07) is 16.7. The van der Waals surface area contributed by atoms with Crippen molar-refractivity contribution in [1.82, 2.24) is 19.1 Å². The van der Waals surface area contributed by atoms with Crippen LogP contribution in [0.15, 0.2) is 65.7 Å². The fourth-order valence-electron chi connectivity index (χ4n) is 5.86. The van der Waals surface area contributed by atoms with Crippen LogP contribution in [0, 0.1) is 0 Å². The molecule has 9 heteroatoms. The maximum atomic E-state index is 13.8. The molecule has 7 nitrogen and oxygen atoms in total. The largest absolute Gasteiger partial charge is 0.353 e. The fraction of sp³-hybridized carbons (Fsp3) is 0.469. The lowest BCUT2D eigenvalue weighted by Crippen LogP contribution is -2.45. The molecule has 0 bridgehead atoms. The van der Waals surface area contributed by atoms with Crippen molar-refractivity contribution in [2.75, 3.05) is 13.6 Å². The zero-order chi connectivity index (χ0) is 29.4. The molecule has 2 aliphatic rings. The van der Waals surface area contributed by atoms with Crippen molar-refractivity contribution >= 4 is 27.5 Å². The molecule has 220 valence electrons. The molecule has 0 spiro atoms. The summed E-state index contributed by atoms with van der Waals surface area (Å²) in [7, 11) is -1.68. The fourth-order valence-corrected chi connectivity index (χ4v) is 7.69. The summed E-state index contributed by atoms with van der Waals surface area (Å²) in [6.45, 7) is 8.40. The Morgan fingerprint density at radius 3 is 2.61 bits per heavy atom. The van der Waals surface area contributed by atoms with Crippen LogP contribution in [0.3, 0.4) is 0 Å². The molecule has 0 radical (unpaired) electrons. The van der Waals surface area contributed by atoms with E-state index in [9.17, 15) is 13.2 Å². The molecular formula is C32H41ClN4O3S. The van der Waals surface area contributed by atoms with E-state index < -0.39 is 16.1 Å². The number of hydrogen-bond donors (Lipinski definition) is 1. The molecule has 3 aromatic rings. The zero-order valence-corrected chi connectivity index (χ0v) is 26.0. The van der Waals surface area contributed by atoms with E-state index in [1.807, 2.05) is 29.0 Å². The SMILES string of the molecule is CN(Cc1ccc2c(c1)CCC(NC(=O)CC1c3cccn3CCN1S(=O)(=O)c1cccc(CCl)c1)C2)C(C)(C)C. The topological polar surface area (TPSA) is 74.7 Å².